The zero-order chi connectivity index (χ0) is 13.9. The van der Waals surface area contributed by atoms with Crippen molar-refractivity contribution in [3.8, 4) is 5.75 Å². The van der Waals surface area contributed by atoms with Gasteiger partial charge in [0.05, 0.1) is 4.83 Å². The third-order valence-corrected chi connectivity index (χ3v) is 3.87. The first kappa shape index (κ1) is 15.5. The van der Waals surface area contributed by atoms with E-state index in [-0.39, 0.29) is 11.5 Å². The van der Waals surface area contributed by atoms with Crippen molar-refractivity contribution in [3.05, 3.63) is 29.3 Å². The van der Waals surface area contributed by atoms with Crippen molar-refractivity contribution in [2.45, 2.75) is 23.4 Å². The molecule has 0 amide bonds. The highest BCUT2D eigenvalue weighted by Crippen LogP contribution is 2.33. The first-order valence-electron chi connectivity index (χ1n) is 4.83. The Kier molecular flexibility index (Phi) is 5.21. The summed E-state index contributed by atoms with van der Waals surface area (Å²) in [6.07, 6.45) is -4.74. The predicted molar refractivity (Wildman–Crippen MR) is 68.1 cm³/mol. The molecule has 1 rings (SSSR count). The molecule has 1 unspecified atom stereocenters. The van der Waals surface area contributed by atoms with Crippen LogP contribution in [0.4, 0.5) is 13.2 Å². The van der Waals surface area contributed by atoms with Crippen LogP contribution in [0.5, 0.6) is 5.75 Å². The topological polar surface area (TPSA) is 26.3 Å². The summed E-state index contributed by atoms with van der Waals surface area (Å²) in [6, 6.07) is 3.92. The molecule has 0 saturated carbocycles. The van der Waals surface area contributed by atoms with Crippen molar-refractivity contribution < 1.29 is 22.7 Å². The van der Waals surface area contributed by atoms with E-state index in [0.717, 1.165) is 5.56 Å². The van der Waals surface area contributed by atoms with E-state index in [2.05, 4.69) is 36.6 Å². The standard InChI is InChI=1S/C11H9Br2F3O2/c1-6(17)10(13)9-4-8(18-11(14,15)16)3-2-7(9)5-12/h2-4,10H,5H2,1H3. The number of hydrogen-bond donors (Lipinski definition) is 0. The van der Waals surface area contributed by atoms with Gasteiger partial charge in [-0.05, 0) is 30.2 Å². The lowest BCUT2D eigenvalue weighted by Crippen LogP contribution is -2.17. The Bertz CT molecular complexity index is 446. The Morgan fingerprint density at radius 2 is 2.06 bits per heavy atom. The van der Waals surface area contributed by atoms with Crippen LogP contribution in [0, 0.1) is 0 Å². The van der Waals surface area contributed by atoms with Crippen LogP contribution in [0.25, 0.3) is 0 Å². The monoisotopic (exact) mass is 388 g/mol. The van der Waals surface area contributed by atoms with Gasteiger partial charge in [0, 0.05) is 5.33 Å². The highest BCUT2D eigenvalue weighted by atomic mass is 79.9. The molecule has 0 aromatic heterocycles. The lowest BCUT2D eigenvalue weighted by Gasteiger charge is -2.15. The largest absolute Gasteiger partial charge is 0.573 e. The second-order valence-electron chi connectivity index (χ2n) is 3.52. The van der Waals surface area contributed by atoms with Crippen molar-refractivity contribution in [2.75, 3.05) is 0 Å². The Hall–Kier alpha value is -0.560. The quantitative estimate of drug-likeness (QED) is 0.708. The zero-order valence-corrected chi connectivity index (χ0v) is 12.4. The van der Waals surface area contributed by atoms with Gasteiger partial charge in [0.15, 0.2) is 0 Å². The van der Waals surface area contributed by atoms with E-state index in [1.54, 1.807) is 0 Å². The van der Waals surface area contributed by atoms with Gasteiger partial charge in [0.25, 0.3) is 0 Å². The summed E-state index contributed by atoms with van der Waals surface area (Å²) in [5.74, 6) is -0.533. The van der Waals surface area contributed by atoms with Gasteiger partial charge in [-0.1, -0.05) is 37.9 Å². The molecule has 0 fully saturated rings. The number of carbonyl (C=O) groups is 1. The summed E-state index contributed by atoms with van der Waals surface area (Å²) >= 11 is 6.37. The molecule has 0 heterocycles. The summed E-state index contributed by atoms with van der Waals surface area (Å²) in [4.78, 5) is 10.6. The van der Waals surface area contributed by atoms with Gasteiger partial charge >= 0.3 is 6.36 Å². The Morgan fingerprint density at radius 1 is 1.44 bits per heavy atom. The number of halogens is 5. The number of alkyl halides is 5. The van der Waals surface area contributed by atoms with Crippen LogP contribution >= 0.6 is 31.9 Å². The lowest BCUT2D eigenvalue weighted by molar-refractivity contribution is -0.274. The number of hydrogen-bond acceptors (Lipinski definition) is 2. The maximum absolute atomic E-state index is 12.1. The molecule has 0 N–H and O–H groups in total. The first-order valence-corrected chi connectivity index (χ1v) is 6.87. The van der Waals surface area contributed by atoms with E-state index >= 15 is 0 Å². The van der Waals surface area contributed by atoms with Gasteiger partial charge in [0.1, 0.15) is 11.5 Å². The Labute approximate surface area is 119 Å². The van der Waals surface area contributed by atoms with Crippen LogP contribution in [-0.4, -0.2) is 12.1 Å². The number of Topliss-reactive ketones (excluding diaryl/α,β-unsaturated/α-hetero) is 1. The van der Waals surface area contributed by atoms with Crippen LogP contribution in [0.3, 0.4) is 0 Å². The van der Waals surface area contributed by atoms with Crippen LogP contribution < -0.4 is 4.74 Å². The summed E-state index contributed by atoms with van der Waals surface area (Å²) < 4.78 is 40.1. The van der Waals surface area contributed by atoms with Crippen LogP contribution in [-0.2, 0) is 10.1 Å². The molecular weight excluding hydrogens is 381 g/mol. The Balaban J connectivity index is 3.13. The third kappa shape index (κ3) is 4.28. The molecule has 0 spiro atoms. The van der Waals surface area contributed by atoms with Crippen molar-refractivity contribution in [2.24, 2.45) is 0 Å². The van der Waals surface area contributed by atoms with Gasteiger partial charge in [0.2, 0.25) is 0 Å². The minimum Gasteiger partial charge on any atom is -0.406 e. The molecule has 0 aliphatic carbocycles. The van der Waals surface area contributed by atoms with Crippen molar-refractivity contribution in [3.63, 3.8) is 0 Å². The number of ketones is 1. The zero-order valence-electron chi connectivity index (χ0n) is 9.22. The minimum atomic E-state index is -4.74. The van der Waals surface area contributed by atoms with Gasteiger partial charge < -0.3 is 4.74 Å². The number of ether oxygens (including phenoxy) is 1. The summed E-state index contributed by atoms with van der Waals surface area (Å²) in [5.41, 5.74) is 1.18. The second kappa shape index (κ2) is 6.06. The molecule has 18 heavy (non-hydrogen) atoms. The minimum absolute atomic E-state index is 0.193. The van der Waals surface area contributed by atoms with Crippen LogP contribution in [0.1, 0.15) is 22.9 Å². The molecule has 1 aromatic rings. The fourth-order valence-electron chi connectivity index (χ4n) is 1.35. The first-order chi connectivity index (χ1) is 8.24. The van der Waals surface area contributed by atoms with Gasteiger partial charge in [-0.25, -0.2) is 0 Å². The molecule has 1 aromatic carbocycles. The van der Waals surface area contributed by atoms with Gasteiger partial charge in [-0.2, -0.15) is 0 Å². The van der Waals surface area contributed by atoms with Gasteiger partial charge in [-0.15, -0.1) is 13.2 Å². The lowest BCUT2D eigenvalue weighted by atomic mass is 10.0. The van der Waals surface area contributed by atoms with Crippen molar-refractivity contribution in [1.82, 2.24) is 0 Å². The summed E-state index contributed by atoms with van der Waals surface area (Å²) in [5, 5.41) is 0.435. The van der Waals surface area contributed by atoms with E-state index in [1.807, 2.05) is 0 Å². The average molecular weight is 390 g/mol. The molecule has 0 radical (unpaired) electrons. The number of rotatable bonds is 4. The fourth-order valence-corrected chi connectivity index (χ4v) is 2.28. The predicted octanol–water partition coefficient (Wildman–Crippen LogP) is 4.51. The van der Waals surface area contributed by atoms with E-state index in [9.17, 15) is 18.0 Å². The molecule has 0 aliphatic heterocycles. The number of benzene rings is 1. The maximum atomic E-state index is 12.1. The molecule has 0 bridgehead atoms. The van der Waals surface area contributed by atoms with Crippen LogP contribution in [0.2, 0.25) is 0 Å². The molecular formula is C11H9Br2F3O2. The highest BCUT2D eigenvalue weighted by Gasteiger charge is 2.31. The van der Waals surface area contributed by atoms with Crippen molar-refractivity contribution >= 4 is 37.6 Å². The molecule has 1 atom stereocenters. The maximum Gasteiger partial charge on any atom is 0.573 e. The third-order valence-electron chi connectivity index (χ3n) is 2.12. The molecule has 0 aliphatic rings. The van der Waals surface area contributed by atoms with E-state index in [0.29, 0.717) is 10.9 Å². The average Bonchev–Trinajstić information content (AvgIpc) is 2.25. The summed E-state index contributed by atoms with van der Waals surface area (Å²) in [7, 11) is 0. The van der Waals surface area contributed by atoms with E-state index in [1.165, 1.54) is 25.1 Å². The van der Waals surface area contributed by atoms with E-state index in [4.69, 9.17) is 0 Å². The number of carbonyl (C=O) groups excluding carboxylic acids is 1. The molecule has 2 nitrogen and oxygen atoms in total. The molecule has 7 heteroatoms. The fraction of sp³-hybridized carbons (Fsp3) is 0.364. The van der Waals surface area contributed by atoms with Crippen molar-refractivity contribution in [1.29, 1.82) is 0 Å². The molecule has 100 valence electrons. The normalized spacial score (nSPS) is 13.2. The smallest absolute Gasteiger partial charge is 0.406 e. The molecule has 0 saturated heterocycles. The van der Waals surface area contributed by atoms with Crippen LogP contribution in [0.15, 0.2) is 18.2 Å². The van der Waals surface area contributed by atoms with Gasteiger partial charge in [-0.3, -0.25) is 4.79 Å². The highest BCUT2D eigenvalue weighted by molar-refractivity contribution is 9.09. The SMILES string of the molecule is CC(=O)C(Br)c1cc(OC(F)(F)F)ccc1CBr. The summed E-state index contributed by atoms with van der Waals surface area (Å²) in [6.45, 7) is 1.36. The Morgan fingerprint density at radius 3 is 2.50 bits per heavy atom. The van der Waals surface area contributed by atoms with E-state index < -0.39 is 11.2 Å². The second-order valence-corrected chi connectivity index (χ2v) is 4.99.